The van der Waals surface area contributed by atoms with Crippen molar-refractivity contribution in [1.82, 2.24) is 14.2 Å². The third-order valence-corrected chi connectivity index (χ3v) is 4.66. The SMILES string of the molecule is Cc1cc(C=Nn2c(=O)[nH]c3ccccc3c2=O)c(C)n1-c1ccccc1F. The molecule has 0 aliphatic heterocycles. The van der Waals surface area contributed by atoms with Crippen LogP contribution in [0.25, 0.3) is 16.6 Å². The van der Waals surface area contributed by atoms with Gasteiger partial charge in [-0.15, -0.1) is 4.68 Å². The topological polar surface area (TPSA) is 72.2 Å². The van der Waals surface area contributed by atoms with E-state index in [1.165, 1.54) is 12.3 Å². The van der Waals surface area contributed by atoms with Gasteiger partial charge in [-0.05, 0) is 44.2 Å². The Morgan fingerprint density at radius 3 is 2.54 bits per heavy atom. The summed E-state index contributed by atoms with van der Waals surface area (Å²) >= 11 is 0. The minimum absolute atomic E-state index is 0.338. The van der Waals surface area contributed by atoms with Gasteiger partial charge in [-0.1, -0.05) is 24.3 Å². The van der Waals surface area contributed by atoms with E-state index in [1.54, 1.807) is 47.0 Å². The van der Waals surface area contributed by atoms with Gasteiger partial charge in [0.25, 0.3) is 5.56 Å². The van der Waals surface area contributed by atoms with E-state index in [9.17, 15) is 14.0 Å². The van der Waals surface area contributed by atoms with Crippen LogP contribution in [0, 0.1) is 19.7 Å². The number of hydrogen-bond acceptors (Lipinski definition) is 3. The van der Waals surface area contributed by atoms with Crippen molar-refractivity contribution < 1.29 is 4.39 Å². The van der Waals surface area contributed by atoms with Gasteiger partial charge in [0.2, 0.25) is 0 Å². The van der Waals surface area contributed by atoms with Crippen molar-refractivity contribution in [2.75, 3.05) is 0 Å². The zero-order valence-corrected chi connectivity index (χ0v) is 15.3. The maximum atomic E-state index is 14.2. The molecule has 4 rings (SSSR count). The highest BCUT2D eigenvalue weighted by Crippen LogP contribution is 2.21. The number of benzene rings is 2. The Kier molecular flexibility index (Phi) is 4.27. The fourth-order valence-corrected chi connectivity index (χ4v) is 3.30. The molecular weight excluding hydrogens is 359 g/mol. The normalized spacial score (nSPS) is 11.5. The van der Waals surface area contributed by atoms with Gasteiger partial charge in [-0.25, -0.2) is 9.18 Å². The van der Waals surface area contributed by atoms with Gasteiger partial charge in [0.1, 0.15) is 5.82 Å². The second-order valence-corrected chi connectivity index (χ2v) is 6.45. The van der Waals surface area contributed by atoms with E-state index in [4.69, 9.17) is 0 Å². The standard InChI is InChI=1S/C21H17FN4O2/c1-13-11-15(14(2)25(13)19-10-6-4-8-17(19)22)12-23-26-20(27)16-7-3-5-9-18(16)24-21(26)28/h3-12H,1-2H3,(H,24,28). The highest BCUT2D eigenvalue weighted by Gasteiger charge is 2.13. The summed E-state index contributed by atoms with van der Waals surface area (Å²) in [5, 5.41) is 4.46. The van der Waals surface area contributed by atoms with E-state index in [2.05, 4.69) is 10.1 Å². The average molecular weight is 376 g/mol. The van der Waals surface area contributed by atoms with E-state index in [0.29, 0.717) is 22.2 Å². The van der Waals surface area contributed by atoms with Gasteiger partial charge in [-0.3, -0.25) is 4.79 Å². The maximum absolute atomic E-state index is 14.2. The monoisotopic (exact) mass is 376 g/mol. The van der Waals surface area contributed by atoms with Crippen LogP contribution in [0.2, 0.25) is 0 Å². The molecule has 7 heteroatoms. The number of halogens is 1. The summed E-state index contributed by atoms with van der Waals surface area (Å²) in [5.41, 5.74) is 2.00. The first kappa shape index (κ1) is 17.7. The molecule has 0 unspecified atom stereocenters. The van der Waals surface area contributed by atoms with E-state index in [0.717, 1.165) is 16.1 Å². The van der Waals surface area contributed by atoms with Crippen LogP contribution < -0.4 is 11.2 Å². The molecule has 0 radical (unpaired) electrons. The minimum atomic E-state index is -0.622. The van der Waals surface area contributed by atoms with Gasteiger partial charge in [0.05, 0.1) is 22.8 Å². The van der Waals surface area contributed by atoms with Crippen LogP contribution in [-0.4, -0.2) is 20.4 Å². The Hall–Kier alpha value is -3.74. The number of fused-ring (bicyclic) bond motifs is 1. The van der Waals surface area contributed by atoms with Crippen LogP contribution in [0.15, 0.2) is 69.3 Å². The molecule has 6 nitrogen and oxygen atoms in total. The van der Waals surface area contributed by atoms with Crippen molar-refractivity contribution in [3.8, 4) is 5.69 Å². The Labute approximate surface area is 159 Å². The first-order valence-electron chi connectivity index (χ1n) is 8.69. The van der Waals surface area contributed by atoms with Gasteiger partial charge < -0.3 is 9.55 Å². The van der Waals surface area contributed by atoms with Gasteiger partial charge in [0.15, 0.2) is 0 Å². The summed E-state index contributed by atoms with van der Waals surface area (Å²) < 4.78 is 16.8. The number of para-hydroxylation sites is 2. The molecule has 0 fully saturated rings. The van der Waals surface area contributed by atoms with Crippen molar-refractivity contribution in [2.45, 2.75) is 13.8 Å². The fourth-order valence-electron chi connectivity index (χ4n) is 3.30. The second kappa shape index (κ2) is 6.77. The molecule has 2 heterocycles. The zero-order valence-electron chi connectivity index (χ0n) is 15.3. The maximum Gasteiger partial charge on any atom is 0.349 e. The minimum Gasteiger partial charge on any atom is -0.315 e. The van der Waals surface area contributed by atoms with E-state index < -0.39 is 11.2 Å². The number of nitrogens with zero attached hydrogens (tertiary/aromatic N) is 3. The number of aromatic amines is 1. The van der Waals surface area contributed by atoms with E-state index >= 15 is 0 Å². The summed E-state index contributed by atoms with van der Waals surface area (Å²) in [6.45, 7) is 3.68. The van der Waals surface area contributed by atoms with Crippen LogP contribution in [0.4, 0.5) is 4.39 Å². The van der Waals surface area contributed by atoms with Crippen molar-refractivity contribution in [3.05, 3.63) is 98.2 Å². The molecule has 140 valence electrons. The number of nitrogens with one attached hydrogen (secondary N) is 1. The largest absolute Gasteiger partial charge is 0.349 e. The lowest BCUT2D eigenvalue weighted by Crippen LogP contribution is -2.32. The van der Waals surface area contributed by atoms with Gasteiger partial charge in [-0.2, -0.15) is 5.10 Å². The predicted octanol–water partition coefficient (Wildman–Crippen LogP) is 3.12. The van der Waals surface area contributed by atoms with Crippen LogP contribution in [0.5, 0.6) is 0 Å². The van der Waals surface area contributed by atoms with Crippen molar-refractivity contribution >= 4 is 17.1 Å². The van der Waals surface area contributed by atoms with Crippen molar-refractivity contribution in [2.24, 2.45) is 5.10 Å². The highest BCUT2D eigenvalue weighted by molar-refractivity contribution is 5.82. The molecule has 1 N–H and O–H groups in total. The summed E-state index contributed by atoms with van der Waals surface area (Å²) in [5.74, 6) is -0.338. The number of aryl methyl sites for hydroxylation is 1. The highest BCUT2D eigenvalue weighted by atomic mass is 19.1. The Bertz CT molecular complexity index is 1340. The zero-order chi connectivity index (χ0) is 19.8. The molecule has 28 heavy (non-hydrogen) atoms. The molecule has 2 aromatic carbocycles. The first-order chi connectivity index (χ1) is 13.5. The number of aromatic nitrogens is 3. The van der Waals surface area contributed by atoms with Gasteiger partial charge >= 0.3 is 5.69 Å². The molecular formula is C21H17FN4O2. The lowest BCUT2D eigenvalue weighted by molar-refractivity contribution is 0.616. The van der Waals surface area contributed by atoms with Crippen molar-refractivity contribution in [1.29, 1.82) is 0 Å². The molecule has 0 bridgehead atoms. The second-order valence-electron chi connectivity index (χ2n) is 6.45. The lowest BCUT2D eigenvalue weighted by atomic mass is 10.2. The molecule has 0 aliphatic carbocycles. The molecule has 2 aromatic heterocycles. The van der Waals surface area contributed by atoms with E-state index in [1.807, 2.05) is 19.9 Å². The quantitative estimate of drug-likeness (QED) is 0.558. The number of rotatable bonds is 3. The summed E-state index contributed by atoms with van der Waals surface area (Å²) in [6.07, 6.45) is 1.44. The third-order valence-electron chi connectivity index (χ3n) is 4.66. The molecule has 0 saturated heterocycles. The van der Waals surface area contributed by atoms with Crippen molar-refractivity contribution in [3.63, 3.8) is 0 Å². The predicted molar refractivity (Wildman–Crippen MR) is 107 cm³/mol. The average Bonchev–Trinajstić information content (AvgIpc) is 2.95. The molecule has 0 atom stereocenters. The molecule has 4 aromatic rings. The molecule has 0 aliphatic rings. The Balaban J connectivity index is 1.81. The van der Waals surface area contributed by atoms with Crippen LogP contribution in [-0.2, 0) is 0 Å². The Morgan fingerprint density at radius 1 is 1.04 bits per heavy atom. The van der Waals surface area contributed by atoms with Crippen LogP contribution in [0.3, 0.4) is 0 Å². The smallest absolute Gasteiger partial charge is 0.315 e. The molecule has 0 saturated carbocycles. The summed E-state index contributed by atoms with van der Waals surface area (Å²) in [6, 6.07) is 15.1. The number of hydrogen-bond donors (Lipinski definition) is 1. The Morgan fingerprint density at radius 2 is 1.75 bits per heavy atom. The van der Waals surface area contributed by atoms with Gasteiger partial charge in [0, 0.05) is 17.0 Å². The van der Waals surface area contributed by atoms with Crippen LogP contribution in [0.1, 0.15) is 17.0 Å². The third kappa shape index (κ3) is 2.87. The first-order valence-corrected chi connectivity index (χ1v) is 8.69. The number of H-pyrrole nitrogens is 1. The summed E-state index contributed by atoms with van der Waals surface area (Å²) in [7, 11) is 0. The summed E-state index contributed by atoms with van der Waals surface area (Å²) in [4.78, 5) is 27.4. The van der Waals surface area contributed by atoms with E-state index in [-0.39, 0.29) is 5.82 Å². The molecule has 0 amide bonds. The fraction of sp³-hybridized carbons (Fsp3) is 0.0952. The van der Waals surface area contributed by atoms with Crippen LogP contribution >= 0.6 is 0 Å². The molecule has 0 spiro atoms. The lowest BCUT2D eigenvalue weighted by Gasteiger charge is -2.10.